The van der Waals surface area contributed by atoms with E-state index in [1.807, 2.05) is 6.92 Å². The van der Waals surface area contributed by atoms with Gasteiger partial charge in [0.2, 0.25) is 5.91 Å². The average Bonchev–Trinajstić information content (AvgIpc) is 2.14. The molecule has 1 aliphatic carbocycles. The molecule has 1 N–H and O–H groups in total. The number of amides is 1. The smallest absolute Gasteiger partial charge is 0.226 e. The highest BCUT2D eigenvalue weighted by Crippen LogP contribution is 2.45. The number of carbonyl (C=O) groups is 1. The van der Waals surface area contributed by atoms with Gasteiger partial charge in [-0.2, -0.15) is 0 Å². The number of rotatable bonds is 4. The van der Waals surface area contributed by atoms with E-state index in [1.54, 1.807) is 7.11 Å². The maximum atomic E-state index is 11.7. The molecule has 0 saturated heterocycles. The largest absolute Gasteiger partial charge is 0.383 e. The Morgan fingerprint density at radius 3 is 2.77 bits per heavy atom. The van der Waals surface area contributed by atoms with Crippen LogP contribution in [0.25, 0.3) is 0 Å². The van der Waals surface area contributed by atoms with Crippen LogP contribution >= 0.6 is 0 Å². The van der Waals surface area contributed by atoms with Crippen LogP contribution in [-0.2, 0) is 9.53 Å². The molecule has 1 saturated carbocycles. The van der Waals surface area contributed by atoms with Crippen LogP contribution in [0.15, 0.2) is 0 Å². The number of carbonyl (C=O) groups excluding carboxylic acids is 1. The normalized spacial score (nSPS) is 32.4. The number of nitrogens with one attached hydrogen (secondary N) is 1. The summed E-state index contributed by atoms with van der Waals surface area (Å²) in [6.45, 7) is 5.40. The highest BCUT2D eigenvalue weighted by atomic mass is 16.5. The predicted octanol–water partition coefficient (Wildman–Crippen LogP) is 1.19. The van der Waals surface area contributed by atoms with Crippen molar-refractivity contribution < 1.29 is 9.53 Å². The first kappa shape index (κ1) is 10.5. The monoisotopic (exact) mass is 185 g/mol. The van der Waals surface area contributed by atoms with E-state index >= 15 is 0 Å². The first-order valence-corrected chi connectivity index (χ1v) is 4.88. The third-order valence-electron chi connectivity index (χ3n) is 3.29. The minimum Gasteiger partial charge on any atom is -0.383 e. The molecule has 0 radical (unpaired) electrons. The van der Waals surface area contributed by atoms with Crippen LogP contribution in [-0.4, -0.2) is 26.2 Å². The molecule has 3 heteroatoms. The van der Waals surface area contributed by atoms with E-state index in [4.69, 9.17) is 4.74 Å². The molecule has 0 bridgehead atoms. The van der Waals surface area contributed by atoms with E-state index in [0.29, 0.717) is 19.1 Å². The van der Waals surface area contributed by atoms with Gasteiger partial charge in [0.15, 0.2) is 0 Å². The summed E-state index contributed by atoms with van der Waals surface area (Å²) in [5.74, 6) is 0.707. The van der Waals surface area contributed by atoms with Gasteiger partial charge in [-0.1, -0.05) is 13.8 Å². The molecule has 0 heterocycles. The molecule has 0 aromatic heterocycles. The Morgan fingerprint density at radius 2 is 2.38 bits per heavy atom. The summed E-state index contributed by atoms with van der Waals surface area (Å²) in [6.07, 6.45) is 2.20. The first-order valence-electron chi connectivity index (χ1n) is 4.88. The molecule has 2 atom stereocenters. The summed E-state index contributed by atoms with van der Waals surface area (Å²) < 4.78 is 4.87. The number of hydrogen-bond acceptors (Lipinski definition) is 2. The number of methoxy groups -OCH3 is 1. The quantitative estimate of drug-likeness (QED) is 0.668. The molecule has 0 aromatic carbocycles. The third kappa shape index (κ3) is 2.02. The summed E-state index contributed by atoms with van der Waals surface area (Å²) in [7, 11) is 1.64. The van der Waals surface area contributed by atoms with Gasteiger partial charge in [-0.15, -0.1) is 0 Å². The van der Waals surface area contributed by atoms with Crippen LogP contribution < -0.4 is 5.32 Å². The van der Waals surface area contributed by atoms with Gasteiger partial charge < -0.3 is 10.1 Å². The van der Waals surface area contributed by atoms with E-state index in [9.17, 15) is 4.79 Å². The lowest BCUT2D eigenvalue weighted by molar-refractivity contribution is -0.139. The topological polar surface area (TPSA) is 38.3 Å². The van der Waals surface area contributed by atoms with Crippen molar-refractivity contribution in [1.82, 2.24) is 5.32 Å². The molecular formula is C10H19NO2. The lowest BCUT2D eigenvalue weighted by Gasteiger charge is -2.43. The minimum atomic E-state index is -0.117. The van der Waals surface area contributed by atoms with Crippen LogP contribution in [0.3, 0.4) is 0 Å². The first-order chi connectivity index (χ1) is 6.11. The van der Waals surface area contributed by atoms with Crippen LogP contribution in [0, 0.1) is 11.3 Å². The fourth-order valence-corrected chi connectivity index (χ4v) is 1.67. The molecule has 0 spiro atoms. The molecular weight excluding hydrogens is 166 g/mol. The van der Waals surface area contributed by atoms with Gasteiger partial charge in [-0.25, -0.2) is 0 Å². The Kier molecular flexibility index (Phi) is 3.31. The van der Waals surface area contributed by atoms with Crippen molar-refractivity contribution in [1.29, 1.82) is 0 Å². The summed E-state index contributed by atoms with van der Waals surface area (Å²) in [6, 6.07) is 0. The summed E-state index contributed by atoms with van der Waals surface area (Å²) in [5, 5.41) is 2.89. The van der Waals surface area contributed by atoms with Crippen molar-refractivity contribution in [2.45, 2.75) is 26.7 Å². The fourth-order valence-electron chi connectivity index (χ4n) is 1.67. The van der Waals surface area contributed by atoms with Crippen molar-refractivity contribution in [3.05, 3.63) is 0 Å². The third-order valence-corrected chi connectivity index (χ3v) is 3.29. The molecule has 2 unspecified atom stereocenters. The SMILES string of the molecule is COCCNC(=O)C1(C)CCC1C. The second-order valence-corrected chi connectivity index (χ2v) is 4.11. The molecule has 1 rings (SSSR count). The zero-order chi connectivity index (χ0) is 9.90. The Hall–Kier alpha value is -0.570. The second-order valence-electron chi connectivity index (χ2n) is 4.11. The van der Waals surface area contributed by atoms with Crippen LogP contribution in [0.5, 0.6) is 0 Å². The van der Waals surface area contributed by atoms with Crippen molar-refractivity contribution in [2.24, 2.45) is 11.3 Å². The van der Waals surface area contributed by atoms with Gasteiger partial charge >= 0.3 is 0 Å². The van der Waals surface area contributed by atoms with Gasteiger partial charge in [0.1, 0.15) is 0 Å². The Morgan fingerprint density at radius 1 is 1.69 bits per heavy atom. The molecule has 0 aromatic rings. The van der Waals surface area contributed by atoms with Crippen molar-refractivity contribution in [3.63, 3.8) is 0 Å². The van der Waals surface area contributed by atoms with Crippen LogP contribution in [0.1, 0.15) is 26.7 Å². The van der Waals surface area contributed by atoms with Gasteiger partial charge in [0.05, 0.1) is 6.61 Å². The molecule has 76 valence electrons. The predicted molar refractivity (Wildman–Crippen MR) is 51.4 cm³/mol. The lowest BCUT2D eigenvalue weighted by Crippen LogP contribution is -2.49. The van der Waals surface area contributed by atoms with Crippen molar-refractivity contribution >= 4 is 5.91 Å². The number of ether oxygens (including phenoxy) is 1. The molecule has 13 heavy (non-hydrogen) atoms. The summed E-state index contributed by atoms with van der Waals surface area (Å²) in [5.41, 5.74) is -0.117. The van der Waals surface area contributed by atoms with Crippen LogP contribution in [0.4, 0.5) is 0 Å². The van der Waals surface area contributed by atoms with E-state index in [0.717, 1.165) is 6.42 Å². The van der Waals surface area contributed by atoms with E-state index in [2.05, 4.69) is 12.2 Å². The van der Waals surface area contributed by atoms with Crippen LogP contribution in [0.2, 0.25) is 0 Å². The van der Waals surface area contributed by atoms with E-state index in [-0.39, 0.29) is 11.3 Å². The minimum absolute atomic E-state index is 0.117. The lowest BCUT2D eigenvalue weighted by atomic mass is 9.61. The Bertz CT molecular complexity index is 193. The molecule has 1 amide bonds. The summed E-state index contributed by atoms with van der Waals surface area (Å²) >= 11 is 0. The van der Waals surface area contributed by atoms with Gasteiger partial charge in [0, 0.05) is 19.1 Å². The van der Waals surface area contributed by atoms with Crippen molar-refractivity contribution in [2.75, 3.05) is 20.3 Å². The highest BCUT2D eigenvalue weighted by Gasteiger charge is 2.45. The molecule has 0 aliphatic heterocycles. The Labute approximate surface area is 79.8 Å². The number of hydrogen-bond donors (Lipinski definition) is 1. The maximum absolute atomic E-state index is 11.7. The van der Waals surface area contributed by atoms with Gasteiger partial charge in [0.25, 0.3) is 0 Å². The molecule has 3 nitrogen and oxygen atoms in total. The molecule has 1 aliphatic rings. The zero-order valence-corrected chi connectivity index (χ0v) is 8.72. The zero-order valence-electron chi connectivity index (χ0n) is 8.72. The fraction of sp³-hybridized carbons (Fsp3) is 0.900. The summed E-state index contributed by atoms with van der Waals surface area (Å²) in [4.78, 5) is 11.7. The second kappa shape index (κ2) is 4.09. The highest BCUT2D eigenvalue weighted by molar-refractivity contribution is 5.83. The van der Waals surface area contributed by atoms with Crippen molar-refractivity contribution in [3.8, 4) is 0 Å². The van der Waals surface area contributed by atoms with Gasteiger partial charge in [-0.3, -0.25) is 4.79 Å². The standard InChI is InChI=1S/C10H19NO2/c1-8-4-5-10(8,2)9(12)11-6-7-13-3/h8H,4-7H2,1-3H3,(H,11,12). The Balaban J connectivity index is 2.30. The van der Waals surface area contributed by atoms with E-state index in [1.165, 1.54) is 6.42 Å². The molecule has 1 fully saturated rings. The average molecular weight is 185 g/mol. The maximum Gasteiger partial charge on any atom is 0.226 e. The van der Waals surface area contributed by atoms with E-state index < -0.39 is 0 Å². The van der Waals surface area contributed by atoms with Gasteiger partial charge in [-0.05, 0) is 18.8 Å².